The van der Waals surface area contributed by atoms with Crippen LogP contribution in [-0.2, 0) is 19.5 Å². The Hall–Kier alpha value is 0.0800. The normalized spacial score (nSPS) is 26.9. The van der Waals surface area contributed by atoms with Crippen molar-refractivity contribution < 1.29 is 17.9 Å². The molecule has 0 amide bonds. The molecule has 0 aromatic rings. The summed E-state index contributed by atoms with van der Waals surface area (Å²) in [5.41, 5.74) is 5.60. The molecule has 1 unspecified atom stereocenters. The fourth-order valence-corrected chi connectivity index (χ4v) is 4.04. The SMILES string of the molecule is Cl.NCC1CCN(S(=O)(=O)CC2COCCO2)CC1. The summed E-state index contributed by atoms with van der Waals surface area (Å²) in [5.74, 6) is 0.492. The van der Waals surface area contributed by atoms with E-state index in [1.165, 1.54) is 0 Å². The van der Waals surface area contributed by atoms with E-state index < -0.39 is 10.0 Å². The summed E-state index contributed by atoms with van der Waals surface area (Å²) >= 11 is 0. The van der Waals surface area contributed by atoms with Crippen LogP contribution in [0.15, 0.2) is 0 Å². The van der Waals surface area contributed by atoms with Gasteiger partial charge < -0.3 is 15.2 Å². The van der Waals surface area contributed by atoms with Gasteiger partial charge in [0.25, 0.3) is 0 Å². The molecule has 19 heavy (non-hydrogen) atoms. The molecular formula is C11H23ClN2O4S. The van der Waals surface area contributed by atoms with E-state index in [4.69, 9.17) is 15.2 Å². The molecule has 0 aromatic carbocycles. The molecule has 2 aliphatic heterocycles. The summed E-state index contributed by atoms with van der Waals surface area (Å²) < 4.78 is 36.6. The van der Waals surface area contributed by atoms with Crippen molar-refractivity contribution in [2.45, 2.75) is 18.9 Å². The third kappa shape index (κ3) is 4.84. The monoisotopic (exact) mass is 314 g/mol. The first-order valence-electron chi connectivity index (χ1n) is 6.49. The Morgan fingerprint density at radius 2 is 1.89 bits per heavy atom. The predicted octanol–water partition coefficient (Wildman–Crippen LogP) is -0.176. The van der Waals surface area contributed by atoms with E-state index in [-0.39, 0.29) is 24.3 Å². The number of sulfonamides is 1. The molecule has 0 radical (unpaired) electrons. The minimum absolute atomic E-state index is 0. The molecule has 0 bridgehead atoms. The second kappa shape index (κ2) is 7.75. The topological polar surface area (TPSA) is 81.9 Å². The van der Waals surface area contributed by atoms with Gasteiger partial charge in [-0.25, -0.2) is 12.7 Å². The number of ether oxygens (including phenoxy) is 2. The maximum absolute atomic E-state index is 12.2. The van der Waals surface area contributed by atoms with Gasteiger partial charge in [0, 0.05) is 13.1 Å². The first kappa shape index (κ1) is 17.1. The van der Waals surface area contributed by atoms with E-state index in [0.717, 1.165) is 12.8 Å². The maximum atomic E-state index is 12.2. The summed E-state index contributed by atoms with van der Waals surface area (Å²) in [6.45, 7) is 3.22. The van der Waals surface area contributed by atoms with Crippen molar-refractivity contribution in [2.75, 3.05) is 45.2 Å². The van der Waals surface area contributed by atoms with E-state index >= 15 is 0 Å². The number of hydrogen-bond donors (Lipinski definition) is 1. The fourth-order valence-electron chi connectivity index (χ4n) is 2.40. The van der Waals surface area contributed by atoms with Crippen molar-refractivity contribution in [3.63, 3.8) is 0 Å². The average molecular weight is 315 g/mol. The zero-order valence-corrected chi connectivity index (χ0v) is 12.6. The zero-order valence-electron chi connectivity index (χ0n) is 11.0. The molecule has 8 heteroatoms. The van der Waals surface area contributed by atoms with Gasteiger partial charge >= 0.3 is 0 Å². The first-order valence-corrected chi connectivity index (χ1v) is 8.10. The van der Waals surface area contributed by atoms with Crippen LogP contribution < -0.4 is 5.73 Å². The highest BCUT2D eigenvalue weighted by Crippen LogP contribution is 2.19. The Bertz CT molecular complexity index is 352. The number of rotatable bonds is 4. The van der Waals surface area contributed by atoms with Gasteiger partial charge in [0.05, 0.1) is 31.7 Å². The van der Waals surface area contributed by atoms with Crippen molar-refractivity contribution >= 4 is 22.4 Å². The largest absolute Gasteiger partial charge is 0.376 e. The Morgan fingerprint density at radius 1 is 1.21 bits per heavy atom. The van der Waals surface area contributed by atoms with Crippen LogP contribution in [0.2, 0.25) is 0 Å². The van der Waals surface area contributed by atoms with Crippen LogP contribution in [0.4, 0.5) is 0 Å². The van der Waals surface area contributed by atoms with E-state index in [0.29, 0.717) is 45.4 Å². The molecule has 1 atom stereocenters. The molecule has 6 nitrogen and oxygen atoms in total. The van der Waals surface area contributed by atoms with Gasteiger partial charge in [0.2, 0.25) is 10.0 Å². The Morgan fingerprint density at radius 3 is 2.42 bits per heavy atom. The minimum atomic E-state index is -3.23. The standard InChI is InChI=1S/C11H22N2O4S.ClH/c12-7-10-1-3-13(4-2-10)18(14,15)9-11-8-16-5-6-17-11;/h10-11H,1-9,12H2;1H. The van der Waals surface area contributed by atoms with Gasteiger partial charge in [-0.1, -0.05) is 0 Å². The lowest BCUT2D eigenvalue weighted by Crippen LogP contribution is -2.45. The third-order valence-corrected chi connectivity index (χ3v) is 5.53. The second-order valence-electron chi connectivity index (χ2n) is 4.92. The molecule has 2 aliphatic rings. The van der Waals surface area contributed by atoms with Crippen molar-refractivity contribution in [1.29, 1.82) is 0 Å². The summed E-state index contributed by atoms with van der Waals surface area (Å²) in [4.78, 5) is 0. The molecule has 0 aliphatic carbocycles. The molecule has 0 saturated carbocycles. The highest BCUT2D eigenvalue weighted by atomic mass is 35.5. The van der Waals surface area contributed by atoms with Crippen LogP contribution in [-0.4, -0.2) is 64.0 Å². The van der Waals surface area contributed by atoms with Crippen LogP contribution in [0.1, 0.15) is 12.8 Å². The average Bonchev–Trinajstić information content (AvgIpc) is 2.39. The summed E-state index contributed by atoms with van der Waals surface area (Å²) in [6.07, 6.45) is 1.39. The number of hydrogen-bond acceptors (Lipinski definition) is 5. The van der Waals surface area contributed by atoms with Crippen molar-refractivity contribution in [3.05, 3.63) is 0 Å². The maximum Gasteiger partial charge on any atom is 0.216 e. The summed E-state index contributed by atoms with van der Waals surface area (Å²) in [7, 11) is -3.23. The van der Waals surface area contributed by atoms with Crippen LogP contribution in [0, 0.1) is 5.92 Å². The van der Waals surface area contributed by atoms with Gasteiger partial charge in [-0.15, -0.1) is 12.4 Å². The first-order chi connectivity index (χ1) is 8.62. The number of halogens is 1. The Kier molecular flexibility index (Phi) is 6.99. The molecule has 2 heterocycles. The Balaban J connectivity index is 0.00000180. The van der Waals surface area contributed by atoms with Gasteiger partial charge in [0.1, 0.15) is 0 Å². The molecule has 2 N–H and O–H groups in total. The van der Waals surface area contributed by atoms with Gasteiger partial charge in [-0.3, -0.25) is 0 Å². The van der Waals surface area contributed by atoms with E-state index in [1.54, 1.807) is 4.31 Å². The zero-order chi connectivity index (χ0) is 13.0. The quantitative estimate of drug-likeness (QED) is 0.779. The van der Waals surface area contributed by atoms with Crippen LogP contribution in [0.3, 0.4) is 0 Å². The van der Waals surface area contributed by atoms with Crippen LogP contribution >= 0.6 is 12.4 Å². The van der Waals surface area contributed by atoms with Gasteiger partial charge in [-0.2, -0.15) is 0 Å². The molecule has 0 aromatic heterocycles. The van der Waals surface area contributed by atoms with E-state index in [9.17, 15) is 8.42 Å². The molecule has 2 saturated heterocycles. The van der Waals surface area contributed by atoms with Crippen LogP contribution in [0.5, 0.6) is 0 Å². The van der Waals surface area contributed by atoms with Crippen molar-refractivity contribution in [2.24, 2.45) is 11.7 Å². The lowest BCUT2D eigenvalue weighted by molar-refractivity contribution is -0.0785. The van der Waals surface area contributed by atoms with Gasteiger partial charge in [-0.05, 0) is 25.3 Å². The van der Waals surface area contributed by atoms with Gasteiger partial charge in [0.15, 0.2) is 0 Å². The highest BCUT2D eigenvalue weighted by Gasteiger charge is 2.31. The second-order valence-corrected chi connectivity index (χ2v) is 6.94. The molecule has 0 spiro atoms. The smallest absolute Gasteiger partial charge is 0.216 e. The minimum Gasteiger partial charge on any atom is -0.376 e. The summed E-state index contributed by atoms with van der Waals surface area (Å²) in [5, 5.41) is 0. The fraction of sp³-hybridized carbons (Fsp3) is 1.00. The van der Waals surface area contributed by atoms with E-state index in [1.807, 2.05) is 0 Å². The molecule has 2 fully saturated rings. The summed E-state index contributed by atoms with van der Waals surface area (Å²) in [6, 6.07) is 0. The van der Waals surface area contributed by atoms with E-state index in [2.05, 4.69) is 0 Å². The molecule has 114 valence electrons. The number of piperidine rings is 1. The molecular weight excluding hydrogens is 292 g/mol. The number of nitrogens with zero attached hydrogens (tertiary/aromatic N) is 1. The highest BCUT2D eigenvalue weighted by molar-refractivity contribution is 7.89. The Labute approximate surface area is 121 Å². The van der Waals surface area contributed by atoms with Crippen molar-refractivity contribution in [1.82, 2.24) is 4.31 Å². The predicted molar refractivity (Wildman–Crippen MR) is 74.9 cm³/mol. The lowest BCUT2D eigenvalue weighted by Gasteiger charge is -2.32. The van der Waals surface area contributed by atoms with Crippen LogP contribution in [0.25, 0.3) is 0 Å². The van der Waals surface area contributed by atoms with Crippen molar-refractivity contribution in [3.8, 4) is 0 Å². The third-order valence-electron chi connectivity index (χ3n) is 3.58. The lowest BCUT2D eigenvalue weighted by atomic mass is 9.99. The molecule has 2 rings (SSSR count). The number of nitrogens with two attached hydrogens (primary N) is 1.